The molecule has 0 aliphatic heterocycles. The highest BCUT2D eigenvalue weighted by Gasteiger charge is 2.13. The van der Waals surface area contributed by atoms with Crippen LogP contribution in [0, 0.1) is 0 Å². The molecule has 1 aromatic heterocycles. The highest BCUT2D eigenvalue weighted by Crippen LogP contribution is 2.30. The van der Waals surface area contributed by atoms with Crippen molar-refractivity contribution in [3.63, 3.8) is 0 Å². The van der Waals surface area contributed by atoms with Crippen LogP contribution in [-0.2, 0) is 0 Å². The van der Waals surface area contributed by atoms with Crippen molar-refractivity contribution in [2.45, 2.75) is 0 Å². The standard InChI is InChI=1S/C17H11NO3/c18-12-7-10(19)8-14-16(12)17(20)15-11-4-2-1-3-9(11)5-6-13(15)21-14/h1-8,19H,18H2. The van der Waals surface area contributed by atoms with Gasteiger partial charge in [0.2, 0.25) is 5.43 Å². The first-order valence-electron chi connectivity index (χ1n) is 6.52. The minimum absolute atomic E-state index is 0.0247. The highest BCUT2D eigenvalue weighted by molar-refractivity contribution is 6.09. The number of phenols is 1. The zero-order valence-electron chi connectivity index (χ0n) is 11.0. The van der Waals surface area contributed by atoms with Crippen LogP contribution in [0.25, 0.3) is 32.7 Å². The Balaban J connectivity index is 2.35. The van der Waals surface area contributed by atoms with Crippen molar-refractivity contribution < 1.29 is 9.52 Å². The maximum Gasteiger partial charge on any atom is 0.203 e. The van der Waals surface area contributed by atoms with E-state index in [1.807, 2.05) is 30.3 Å². The molecular weight excluding hydrogens is 266 g/mol. The average molecular weight is 277 g/mol. The molecule has 0 spiro atoms. The lowest BCUT2D eigenvalue weighted by molar-refractivity contribution is 0.475. The summed E-state index contributed by atoms with van der Waals surface area (Å²) in [5, 5.41) is 12.2. The van der Waals surface area contributed by atoms with Gasteiger partial charge < -0.3 is 15.3 Å². The van der Waals surface area contributed by atoms with Crippen LogP contribution >= 0.6 is 0 Å². The molecule has 21 heavy (non-hydrogen) atoms. The van der Waals surface area contributed by atoms with Crippen molar-refractivity contribution >= 4 is 38.4 Å². The Morgan fingerprint density at radius 2 is 1.76 bits per heavy atom. The van der Waals surface area contributed by atoms with Gasteiger partial charge >= 0.3 is 0 Å². The van der Waals surface area contributed by atoms with E-state index in [9.17, 15) is 9.90 Å². The maximum absolute atomic E-state index is 12.8. The Morgan fingerprint density at radius 3 is 2.62 bits per heavy atom. The second-order valence-corrected chi connectivity index (χ2v) is 5.00. The highest BCUT2D eigenvalue weighted by atomic mass is 16.3. The van der Waals surface area contributed by atoms with E-state index >= 15 is 0 Å². The van der Waals surface area contributed by atoms with Gasteiger partial charge in [0.25, 0.3) is 0 Å². The zero-order chi connectivity index (χ0) is 14.6. The van der Waals surface area contributed by atoms with E-state index in [2.05, 4.69) is 0 Å². The summed E-state index contributed by atoms with van der Waals surface area (Å²) < 4.78 is 5.76. The third-order valence-corrected chi connectivity index (χ3v) is 3.68. The average Bonchev–Trinajstić information content (AvgIpc) is 2.45. The number of fused-ring (bicyclic) bond motifs is 4. The zero-order valence-corrected chi connectivity index (χ0v) is 11.0. The lowest BCUT2D eigenvalue weighted by Gasteiger charge is -2.07. The summed E-state index contributed by atoms with van der Waals surface area (Å²) >= 11 is 0. The summed E-state index contributed by atoms with van der Waals surface area (Å²) in [6, 6.07) is 14.1. The lowest BCUT2D eigenvalue weighted by atomic mass is 10.0. The van der Waals surface area contributed by atoms with Crippen molar-refractivity contribution in [2.24, 2.45) is 0 Å². The normalized spacial score (nSPS) is 11.4. The number of hydrogen-bond acceptors (Lipinski definition) is 4. The van der Waals surface area contributed by atoms with Crippen molar-refractivity contribution in [3.05, 3.63) is 58.8 Å². The molecule has 3 N–H and O–H groups in total. The molecule has 0 radical (unpaired) electrons. The van der Waals surface area contributed by atoms with Gasteiger partial charge in [-0.05, 0) is 16.8 Å². The maximum atomic E-state index is 12.8. The Bertz CT molecular complexity index is 1080. The van der Waals surface area contributed by atoms with Gasteiger partial charge in [-0.25, -0.2) is 0 Å². The number of hydrogen-bond donors (Lipinski definition) is 2. The minimum atomic E-state index is -0.180. The van der Waals surface area contributed by atoms with Crippen LogP contribution in [-0.4, -0.2) is 5.11 Å². The van der Waals surface area contributed by atoms with Crippen LogP contribution in [0.2, 0.25) is 0 Å². The van der Waals surface area contributed by atoms with E-state index < -0.39 is 0 Å². The molecule has 0 fully saturated rings. The summed E-state index contributed by atoms with van der Waals surface area (Å²) in [6.45, 7) is 0. The number of nitrogen functional groups attached to an aromatic ring is 1. The van der Waals surface area contributed by atoms with Crippen molar-refractivity contribution in [3.8, 4) is 5.75 Å². The fourth-order valence-electron chi connectivity index (χ4n) is 2.76. The number of phenolic OH excluding ortho intramolecular Hbond substituents is 1. The van der Waals surface area contributed by atoms with Gasteiger partial charge in [-0.1, -0.05) is 30.3 Å². The molecule has 0 aliphatic rings. The second kappa shape index (κ2) is 3.99. The first kappa shape index (κ1) is 11.8. The molecule has 0 saturated heterocycles. The largest absolute Gasteiger partial charge is 0.508 e. The molecule has 4 rings (SSSR count). The van der Waals surface area contributed by atoms with Gasteiger partial charge in [0, 0.05) is 12.1 Å². The monoisotopic (exact) mass is 277 g/mol. The van der Waals surface area contributed by atoms with Gasteiger partial charge in [-0.2, -0.15) is 0 Å². The van der Waals surface area contributed by atoms with Gasteiger partial charge in [0.15, 0.2) is 0 Å². The molecule has 0 atom stereocenters. The Kier molecular flexibility index (Phi) is 2.24. The number of anilines is 1. The lowest BCUT2D eigenvalue weighted by Crippen LogP contribution is -2.05. The third-order valence-electron chi connectivity index (χ3n) is 3.68. The van der Waals surface area contributed by atoms with Crippen LogP contribution in [0.15, 0.2) is 57.7 Å². The van der Waals surface area contributed by atoms with Crippen LogP contribution in [0.1, 0.15) is 0 Å². The minimum Gasteiger partial charge on any atom is -0.508 e. The molecule has 0 unspecified atom stereocenters. The van der Waals surface area contributed by atoms with E-state index in [0.717, 1.165) is 10.8 Å². The number of benzene rings is 3. The van der Waals surface area contributed by atoms with Gasteiger partial charge in [-0.15, -0.1) is 0 Å². The molecule has 4 aromatic rings. The van der Waals surface area contributed by atoms with Crippen molar-refractivity contribution in [2.75, 3.05) is 5.73 Å². The smallest absolute Gasteiger partial charge is 0.203 e. The Hall–Kier alpha value is -3.01. The van der Waals surface area contributed by atoms with Gasteiger partial charge in [0.1, 0.15) is 16.9 Å². The van der Waals surface area contributed by atoms with E-state index in [-0.39, 0.29) is 16.9 Å². The van der Waals surface area contributed by atoms with E-state index in [4.69, 9.17) is 10.2 Å². The van der Waals surface area contributed by atoms with Crippen LogP contribution in [0.5, 0.6) is 5.75 Å². The molecule has 0 amide bonds. The fraction of sp³-hybridized carbons (Fsp3) is 0. The number of aromatic hydroxyl groups is 1. The predicted molar refractivity (Wildman–Crippen MR) is 83.6 cm³/mol. The van der Waals surface area contributed by atoms with Gasteiger partial charge in [-0.3, -0.25) is 4.79 Å². The third kappa shape index (κ3) is 1.59. The molecule has 1 heterocycles. The summed E-state index contributed by atoms with van der Waals surface area (Å²) in [4.78, 5) is 12.8. The summed E-state index contributed by atoms with van der Waals surface area (Å²) in [7, 11) is 0. The van der Waals surface area contributed by atoms with Crippen molar-refractivity contribution in [1.82, 2.24) is 0 Å². The second-order valence-electron chi connectivity index (χ2n) is 5.00. The van der Waals surface area contributed by atoms with Crippen molar-refractivity contribution in [1.29, 1.82) is 0 Å². The molecular formula is C17H11NO3. The van der Waals surface area contributed by atoms with Crippen LogP contribution in [0.4, 0.5) is 5.69 Å². The summed E-state index contributed by atoms with van der Waals surface area (Å²) in [5.74, 6) is -0.0247. The van der Waals surface area contributed by atoms with E-state index in [1.165, 1.54) is 12.1 Å². The van der Waals surface area contributed by atoms with Crippen LogP contribution in [0.3, 0.4) is 0 Å². The predicted octanol–water partition coefficient (Wildman–Crippen LogP) is 3.39. The summed E-state index contributed by atoms with van der Waals surface area (Å²) in [5.41, 5.74) is 6.68. The molecule has 0 aliphatic carbocycles. The molecule has 0 bridgehead atoms. The van der Waals surface area contributed by atoms with E-state index in [1.54, 1.807) is 6.07 Å². The SMILES string of the molecule is Nc1cc(O)cc2oc3ccc4ccccc4c3c(=O)c12. The summed E-state index contributed by atoms with van der Waals surface area (Å²) in [6.07, 6.45) is 0. The van der Waals surface area contributed by atoms with E-state index in [0.29, 0.717) is 21.9 Å². The topological polar surface area (TPSA) is 76.5 Å². The van der Waals surface area contributed by atoms with Crippen LogP contribution < -0.4 is 11.2 Å². The Morgan fingerprint density at radius 1 is 0.952 bits per heavy atom. The first-order valence-corrected chi connectivity index (χ1v) is 6.52. The molecule has 4 nitrogen and oxygen atoms in total. The molecule has 3 aromatic carbocycles. The molecule has 102 valence electrons. The number of nitrogens with two attached hydrogens (primary N) is 1. The van der Waals surface area contributed by atoms with Gasteiger partial charge in [0.05, 0.1) is 16.5 Å². The quantitative estimate of drug-likeness (QED) is 0.293. The fourth-order valence-corrected chi connectivity index (χ4v) is 2.76. The first-order chi connectivity index (χ1) is 10.1. The molecule has 0 saturated carbocycles. The number of rotatable bonds is 0. The molecule has 4 heteroatoms. The Labute approximate surface area is 119 Å².